The number of piperazine rings is 1. The third kappa shape index (κ3) is 4.44. The lowest BCUT2D eigenvalue weighted by Crippen LogP contribution is -2.61. The van der Waals surface area contributed by atoms with Gasteiger partial charge in [-0.3, -0.25) is 9.69 Å². The summed E-state index contributed by atoms with van der Waals surface area (Å²) in [6.07, 6.45) is 3.71. The fraction of sp³-hybridized carbons (Fsp3) is 0.417. The number of hydrogen-bond acceptors (Lipinski definition) is 6. The molecule has 174 valence electrons. The summed E-state index contributed by atoms with van der Waals surface area (Å²) in [6.45, 7) is 6.32. The van der Waals surface area contributed by atoms with Crippen LogP contribution in [0.15, 0.2) is 36.7 Å². The predicted molar refractivity (Wildman–Crippen MR) is 122 cm³/mol. The molecule has 8 nitrogen and oxygen atoms in total. The van der Waals surface area contributed by atoms with E-state index in [2.05, 4.69) is 14.9 Å². The first-order valence-corrected chi connectivity index (χ1v) is 11.2. The number of amides is 1. The molecule has 0 spiro atoms. The zero-order valence-electron chi connectivity index (χ0n) is 18.6. The lowest BCUT2D eigenvalue weighted by Gasteiger charge is -2.44. The smallest absolute Gasteiger partial charge is 0.239 e. The SMILES string of the molecule is Cc1c[nH]c2nccc(Oc3ccc(C[C@H](N)C(=O)N4CCN5CCOCC5C4)cc3F)c12. The van der Waals surface area contributed by atoms with Crippen molar-refractivity contribution in [3.63, 3.8) is 0 Å². The summed E-state index contributed by atoms with van der Waals surface area (Å²) in [5.74, 6) is 0.0321. The molecule has 2 aromatic heterocycles. The van der Waals surface area contributed by atoms with Gasteiger partial charge in [0.1, 0.15) is 11.4 Å². The Morgan fingerprint density at radius 2 is 2.21 bits per heavy atom. The molecule has 0 radical (unpaired) electrons. The maximum atomic E-state index is 14.8. The van der Waals surface area contributed by atoms with Gasteiger partial charge in [0.05, 0.1) is 30.7 Å². The maximum absolute atomic E-state index is 14.8. The van der Waals surface area contributed by atoms with Gasteiger partial charge in [0.15, 0.2) is 11.6 Å². The zero-order valence-corrected chi connectivity index (χ0v) is 18.6. The normalized spacial score (nSPS) is 20.0. The molecule has 5 rings (SSSR count). The van der Waals surface area contributed by atoms with E-state index < -0.39 is 11.9 Å². The second-order valence-electron chi connectivity index (χ2n) is 8.73. The summed E-state index contributed by atoms with van der Waals surface area (Å²) in [6, 6.07) is 5.92. The van der Waals surface area contributed by atoms with E-state index in [0.717, 1.165) is 30.6 Å². The lowest BCUT2D eigenvalue weighted by atomic mass is 10.0. The van der Waals surface area contributed by atoms with Crippen molar-refractivity contribution in [2.45, 2.75) is 25.4 Å². The van der Waals surface area contributed by atoms with Crippen molar-refractivity contribution >= 4 is 16.9 Å². The molecule has 0 bridgehead atoms. The molecule has 1 amide bonds. The predicted octanol–water partition coefficient (Wildman–Crippen LogP) is 2.22. The lowest BCUT2D eigenvalue weighted by molar-refractivity contribution is -0.138. The minimum absolute atomic E-state index is 0.108. The Morgan fingerprint density at radius 1 is 1.33 bits per heavy atom. The van der Waals surface area contributed by atoms with E-state index in [1.165, 1.54) is 6.07 Å². The molecule has 3 N–H and O–H groups in total. The van der Waals surface area contributed by atoms with Crippen LogP contribution in [0.1, 0.15) is 11.1 Å². The number of pyridine rings is 1. The van der Waals surface area contributed by atoms with Gasteiger partial charge in [-0.25, -0.2) is 9.37 Å². The third-order valence-corrected chi connectivity index (χ3v) is 6.47. The fourth-order valence-electron chi connectivity index (χ4n) is 4.66. The van der Waals surface area contributed by atoms with Crippen molar-refractivity contribution < 1.29 is 18.7 Å². The molecule has 2 saturated heterocycles. The van der Waals surface area contributed by atoms with Gasteiger partial charge in [0.25, 0.3) is 0 Å². The van der Waals surface area contributed by atoms with Crippen LogP contribution in [0.4, 0.5) is 4.39 Å². The summed E-state index contributed by atoms with van der Waals surface area (Å²) in [5, 5.41) is 0.817. The summed E-state index contributed by atoms with van der Waals surface area (Å²) in [7, 11) is 0. The van der Waals surface area contributed by atoms with Crippen molar-refractivity contribution in [2.75, 3.05) is 39.4 Å². The Morgan fingerprint density at radius 3 is 3.06 bits per heavy atom. The number of carbonyl (C=O) groups is 1. The number of H-pyrrole nitrogens is 1. The molecular weight excluding hydrogens is 425 g/mol. The average molecular weight is 454 g/mol. The molecule has 2 fully saturated rings. The van der Waals surface area contributed by atoms with E-state index in [-0.39, 0.29) is 24.1 Å². The number of carbonyl (C=O) groups excluding carboxylic acids is 1. The van der Waals surface area contributed by atoms with E-state index in [1.54, 1.807) is 24.4 Å². The highest BCUT2D eigenvalue weighted by atomic mass is 19.1. The summed E-state index contributed by atoms with van der Waals surface area (Å²) < 4.78 is 26.3. The number of rotatable bonds is 5. The monoisotopic (exact) mass is 453 g/mol. The van der Waals surface area contributed by atoms with Gasteiger partial charge in [0.2, 0.25) is 5.91 Å². The number of aromatic nitrogens is 2. The van der Waals surface area contributed by atoms with Gasteiger partial charge in [-0.15, -0.1) is 0 Å². The number of nitrogens with zero attached hydrogens (tertiary/aromatic N) is 3. The molecule has 33 heavy (non-hydrogen) atoms. The van der Waals surface area contributed by atoms with Crippen LogP contribution in [0.25, 0.3) is 11.0 Å². The Kier molecular flexibility index (Phi) is 6.01. The minimum atomic E-state index is -0.727. The van der Waals surface area contributed by atoms with Gasteiger partial charge < -0.3 is 25.1 Å². The molecule has 2 aliphatic heterocycles. The highest BCUT2D eigenvalue weighted by Gasteiger charge is 2.33. The van der Waals surface area contributed by atoms with E-state index in [1.807, 2.05) is 18.0 Å². The molecule has 4 heterocycles. The van der Waals surface area contributed by atoms with Crippen LogP contribution >= 0.6 is 0 Å². The molecule has 1 unspecified atom stereocenters. The topological polar surface area (TPSA) is 96.7 Å². The number of hydrogen-bond donors (Lipinski definition) is 2. The van der Waals surface area contributed by atoms with Crippen LogP contribution in [0.2, 0.25) is 0 Å². The highest BCUT2D eigenvalue weighted by molar-refractivity contribution is 5.86. The van der Waals surface area contributed by atoms with Crippen molar-refractivity contribution in [3.8, 4) is 11.5 Å². The van der Waals surface area contributed by atoms with Crippen LogP contribution in [0.5, 0.6) is 11.5 Å². The van der Waals surface area contributed by atoms with Crippen molar-refractivity contribution in [3.05, 3.63) is 53.6 Å². The third-order valence-electron chi connectivity index (χ3n) is 6.47. The van der Waals surface area contributed by atoms with Crippen LogP contribution in [-0.4, -0.2) is 77.2 Å². The molecule has 2 aliphatic rings. The maximum Gasteiger partial charge on any atom is 0.239 e. The average Bonchev–Trinajstić information content (AvgIpc) is 3.21. The number of halogens is 1. The Balaban J connectivity index is 1.24. The van der Waals surface area contributed by atoms with Gasteiger partial charge in [-0.05, 0) is 42.7 Å². The summed E-state index contributed by atoms with van der Waals surface area (Å²) in [4.78, 5) is 24.4. The Labute approximate surface area is 191 Å². The number of aromatic amines is 1. The first-order chi connectivity index (χ1) is 16.0. The molecule has 0 aliphatic carbocycles. The largest absolute Gasteiger partial charge is 0.453 e. The number of fused-ring (bicyclic) bond motifs is 2. The van der Waals surface area contributed by atoms with Crippen molar-refractivity contribution in [1.82, 2.24) is 19.8 Å². The number of ether oxygens (including phenoxy) is 2. The van der Waals surface area contributed by atoms with Gasteiger partial charge in [-0.2, -0.15) is 0 Å². The second-order valence-corrected chi connectivity index (χ2v) is 8.73. The van der Waals surface area contributed by atoms with Crippen molar-refractivity contribution in [2.24, 2.45) is 5.73 Å². The first-order valence-electron chi connectivity index (χ1n) is 11.2. The van der Waals surface area contributed by atoms with Crippen LogP contribution in [0.3, 0.4) is 0 Å². The molecule has 1 aromatic carbocycles. The van der Waals surface area contributed by atoms with E-state index in [4.69, 9.17) is 15.2 Å². The van der Waals surface area contributed by atoms with Gasteiger partial charge in [0, 0.05) is 38.6 Å². The van der Waals surface area contributed by atoms with Crippen LogP contribution < -0.4 is 10.5 Å². The highest BCUT2D eigenvalue weighted by Crippen LogP contribution is 2.32. The summed E-state index contributed by atoms with van der Waals surface area (Å²) >= 11 is 0. The Bertz CT molecular complexity index is 1170. The zero-order chi connectivity index (χ0) is 22.9. The molecular formula is C24H28FN5O3. The van der Waals surface area contributed by atoms with Crippen molar-refractivity contribution in [1.29, 1.82) is 0 Å². The quantitative estimate of drug-likeness (QED) is 0.615. The number of benzene rings is 1. The number of nitrogens with two attached hydrogens (primary N) is 1. The molecule has 2 atom stereocenters. The van der Waals surface area contributed by atoms with Crippen LogP contribution in [-0.2, 0) is 16.0 Å². The molecule has 0 saturated carbocycles. The molecule has 3 aromatic rings. The Hall–Kier alpha value is -3.01. The summed E-state index contributed by atoms with van der Waals surface area (Å²) in [5.41, 5.74) is 8.53. The second kappa shape index (κ2) is 9.09. The van der Waals surface area contributed by atoms with E-state index >= 15 is 0 Å². The number of morpholine rings is 1. The van der Waals surface area contributed by atoms with Gasteiger partial charge in [-0.1, -0.05) is 6.07 Å². The van der Waals surface area contributed by atoms with Crippen LogP contribution in [0, 0.1) is 12.7 Å². The first kappa shape index (κ1) is 21.8. The number of aryl methyl sites for hydroxylation is 1. The van der Waals surface area contributed by atoms with Gasteiger partial charge >= 0.3 is 0 Å². The van der Waals surface area contributed by atoms with E-state index in [0.29, 0.717) is 36.7 Å². The number of nitrogens with one attached hydrogen (secondary N) is 1. The minimum Gasteiger partial charge on any atom is -0.453 e. The van der Waals surface area contributed by atoms with E-state index in [9.17, 15) is 9.18 Å². The standard InChI is InChI=1S/C24H28FN5O3/c1-15-12-28-23-22(15)21(4-5-27-23)33-20-3-2-16(10-18(20)25)11-19(26)24(31)30-7-6-29-8-9-32-14-17(29)13-30/h2-5,10,12,17,19H,6-9,11,13-14,26H2,1H3,(H,27,28)/t17?,19-/m0/s1. The fourth-order valence-corrected chi connectivity index (χ4v) is 4.66. The molecule has 9 heteroatoms.